The first-order valence-electron chi connectivity index (χ1n) is 11.0. The number of nitrogens with zero attached hydrogens (tertiary/aromatic N) is 1. The number of carbonyl (C=O) groups is 1. The van der Waals surface area contributed by atoms with E-state index in [1.807, 2.05) is 49.4 Å². The standard InChI is InChI=1S/C26H29NO3S/c1-2-19-18-31-26(21-6-10-22(28)11-7-21)24(19)25(29)20-8-12-23(13-9-20)30-17-16-27-14-4-3-5-15-27/h2,6-13,28H,3-5,14-18H2,1H3/b19-2+. The molecule has 0 radical (unpaired) electrons. The Morgan fingerprint density at radius 3 is 2.45 bits per heavy atom. The normalized spacial score (nSPS) is 18.5. The van der Waals surface area contributed by atoms with Crippen LogP contribution < -0.4 is 4.74 Å². The lowest BCUT2D eigenvalue weighted by molar-refractivity contribution is 0.103. The van der Waals surface area contributed by atoms with Crippen molar-refractivity contribution in [3.63, 3.8) is 0 Å². The van der Waals surface area contributed by atoms with Crippen molar-refractivity contribution in [3.05, 3.63) is 76.9 Å². The second-order valence-electron chi connectivity index (χ2n) is 7.96. The Labute approximate surface area is 188 Å². The smallest absolute Gasteiger partial charge is 0.194 e. The van der Waals surface area contributed by atoms with Crippen molar-refractivity contribution in [2.24, 2.45) is 0 Å². The predicted octanol–water partition coefficient (Wildman–Crippen LogP) is 5.54. The minimum Gasteiger partial charge on any atom is -0.508 e. The van der Waals surface area contributed by atoms with E-state index < -0.39 is 0 Å². The van der Waals surface area contributed by atoms with Gasteiger partial charge in [0.05, 0.1) is 0 Å². The maximum Gasteiger partial charge on any atom is 0.194 e. The number of allylic oxidation sites excluding steroid dienone is 2. The van der Waals surface area contributed by atoms with Gasteiger partial charge in [0.15, 0.2) is 5.78 Å². The topological polar surface area (TPSA) is 49.8 Å². The van der Waals surface area contributed by atoms with E-state index in [-0.39, 0.29) is 11.5 Å². The molecule has 0 atom stereocenters. The minimum absolute atomic E-state index is 0.0287. The van der Waals surface area contributed by atoms with Crippen LogP contribution in [-0.2, 0) is 0 Å². The molecule has 1 saturated heterocycles. The van der Waals surface area contributed by atoms with E-state index in [9.17, 15) is 9.90 Å². The number of phenolic OH excluding ortho intramolecular Hbond substituents is 1. The molecule has 0 saturated carbocycles. The lowest BCUT2D eigenvalue weighted by Crippen LogP contribution is -2.33. The largest absolute Gasteiger partial charge is 0.508 e. The third kappa shape index (κ3) is 5.23. The first-order chi connectivity index (χ1) is 15.2. The first kappa shape index (κ1) is 21.7. The Bertz CT molecular complexity index is 971. The Balaban J connectivity index is 1.46. The highest BCUT2D eigenvalue weighted by atomic mass is 32.2. The molecule has 0 bridgehead atoms. The number of carbonyl (C=O) groups excluding carboxylic acids is 1. The summed E-state index contributed by atoms with van der Waals surface area (Å²) in [7, 11) is 0. The van der Waals surface area contributed by atoms with Gasteiger partial charge < -0.3 is 9.84 Å². The summed E-state index contributed by atoms with van der Waals surface area (Å²) < 4.78 is 5.91. The Morgan fingerprint density at radius 1 is 1.06 bits per heavy atom. The van der Waals surface area contributed by atoms with Crippen molar-refractivity contribution >= 4 is 22.5 Å². The van der Waals surface area contributed by atoms with Crippen LogP contribution in [0.25, 0.3) is 4.91 Å². The van der Waals surface area contributed by atoms with Crippen LogP contribution in [0.1, 0.15) is 42.1 Å². The van der Waals surface area contributed by atoms with Crippen molar-refractivity contribution in [3.8, 4) is 11.5 Å². The molecule has 4 nitrogen and oxygen atoms in total. The molecule has 2 aliphatic heterocycles. The highest BCUT2D eigenvalue weighted by Crippen LogP contribution is 2.43. The Kier molecular flexibility index (Phi) is 7.15. The molecular weight excluding hydrogens is 406 g/mol. The summed E-state index contributed by atoms with van der Waals surface area (Å²) in [5.41, 5.74) is 3.44. The van der Waals surface area contributed by atoms with E-state index in [2.05, 4.69) is 4.90 Å². The Morgan fingerprint density at radius 2 is 1.77 bits per heavy atom. The molecule has 0 spiro atoms. The highest BCUT2D eigenvalue weighted by molar-refractivity contribution is 8.09. The van der Waals surface area contributed by atoms with Gasteiger partial charge in [-0.25, -0.2) is 0 Å². The molecule has 0 aliphatic carbocycles. The number of likely N-dealkylation sites (tertiary alicyclic amines) is 1. The number of ether oxygens (including phenoxy) is 1. The van der Waals surface area contributed by atoms with Gasteiger partial charge in [0.25, 0.3) is 0 Å². The van der Waals surface area contributed by atoms with Gasteiger partial charge in [-0.2, -0.15) is 0 Å². The third-order valence-electron chi connectivity index (χ3n) is 5.87. The summed E-state index contributed by atoms with van der Waals surface area (Å²) in [5, 5.41) is 9.60. The van der Waals surface area contributed by atoms with Gasteiger partial charge in [0.1, 0.15) is 18.1 Å². The predicted molar refractivity (Wildman–Crippen MR) is 128 cm³/mol. The fraction of sp³-hybridized carbons (Fsp3) is 0.346. The number of Topliss-reactive ketones (excluding diaryl/α,β-unsaturated/α-hetero) is 1. The summed E-state index contributed by atoms with van der Waals surface area (Å²) in [5.74, 6) is 1.84. The molecule has 2 heterocycles. The molecule has 4 rings (SSSR count). The zero-order valence-electron chi connectivity index (χ0n) is 18.0. The van der Waals surface area contributed by atoms with Gasteiger partial charge >= 0.3 is 0 Å². The molecule has 162 valence electrons. The molecular formula is C26H29NO3S. The van der Waals surface area contributed by atoms with Crippen molar-refractivity contribution < 1.29 is 14.6 Å². The maximum atomic E-state index is 13.4. The van der Waals surface area contributed by atoms with Gasteiger partial charge in [0, 0.05) is 28.3 Å². The van der Waals surface area contributed by atoms with Gasteiger partial charge in [0.2, 0.25) is 0 Å². The molecule has 31 heavy (non-hydrogen) atoms. The number of piperidine rings is 1. The second kappa shape index (κ2) is 10.2. The van der Waals surface area contributed by atoms with Gasteiger partial charge in [-0.05, 0) is 80.4 Å². The van der Waals surface area contributed by atoms with Crippen LogP contribution in [0.3, 0.4) is 0 Å². The van der Waals surface area contributed by atoms with E-state index in [4.69, 9.17) is 4.74 Å². The monoisotopic (exact) mass is 435 g/mol. The van der Waals surface area contributed by atoms with E-state index >= 15 is 0 Å². The van der Waals surface area contributed by atoms with Crippen molar-refractivity contribution in [1.29, 1.82) is 0 Å². The summed E-state index contributed by atoms with van der Waals surface area (Å²) in [6, 6.07) is 14.5. The van der Waals surface area contributed by atoms with Crippen LogP contribution in [-0.4, -0.2) is 47.8 Å². The number of aromatic hydroxyl groups is 1. The van der Waals surface area contributed by atoms with Crippen LogP contribution >= 0.6 is 11.8 Å². The molecule has 2 aromatic carbocycles. The van der Waals surface area contributed by atoms with Gasteiger partial charge in [-0.3, -0.25) is 9.69 Å². The fourth-order valence-electron chi connectivity index (χ4n) is 4.08. The number of hydrogen-bond donors (Lipinski definition) is 1. The zero-order valence-corrected chi connectivity index (χ0v) is 18.8. The third-order valence-corrected chi connectivity index (χ3v) is 7.05. The molecule has 0 aromatic heterocycles. The highest BCUT2D eigenvalue weighted by Gasteiger charge is 2.27. The SMILES string of the molecule is C/C=C1\CSC(c2ccc(O)cc2)=C1C(=O)c1ccc(OCCN2CCCCC2)cc1. The molecule has 1 fully saturated rings. The fourth-order valence-corrected chi connectivity index (χ4v) is 5.36. The van der Waals surface area contributed by atoms with Crippen LogP contribution in [0.15, 0.2) is 65.8 Å². The molecule has 2 aromatic rings. The number of rotatable bonds is 7. The number of phenols is 1. The number of benzene rings is 2. The van der Waals surface area contributed by atoms with Crippen molar-refractivity contribution in [1.82, 2.24) is 4.90 Å². The van der Waals surface area contributed by atoms with E-state index in [0.717, 1.165) is 39.7 Å². The molecule has 1 N–H and O–H groups in total. The number of thioether (sulfide) groups is 1. The second-order valence-corrected chi connectivity index (χ2v) is 8.94. The van der Waals surface area contributed by atoms with Gasteiger partial charge in [-0.15, -0.1) is 11.8 Å². The lowest BCUT2D eigenvalue weighted by atomic mass is 9.95. The Hall–Kier alpha value is -2.50. The summed E-state index contributed by atoms with van der Waals surface area (Å²) in [4.78, 5) is 16.8. The average molecular weight is 436 g/mol. The van der Waals surface area contributed by atoms with Crippen molar-refractivity contribution in [2.75, 3.05) is 32.0 Å². The molecule has 0 unspecified atom stereocenters. The van der Waals surface area contributed by atoms with E-state index in [0.29, 0.717) is 12.2 Å². The summed E-state index contributed by atoms with van der Waals surface area (Å²) >= 11 is 1.67. The van der Waals surface area contributed by atoms with E-state index in [1.165, 1.54) is 32.4 Å². The maximum absolute atomic E-state index is 13.4. The lowest BCUT2D eigenvalue weighted by Gasteiger charge is -2.26. The van der Waals surface area contributed by atoms with Crippen LogP contribution in [0.2, 0.25) is 0 Å². The zero-order chi connectivity index (χ0) is 21.6. The summed E-state index contributed by atoms with van der Waals surface area (Å²) in [6.45, 7) is 5.93. The minimum atomic E-state index is 0.0287. The van der Waals surface area contributed by atoms with Gasteiger partial charge in [-0.1, -0.05) is 24.6 Å². The summed E-state index contributed by atoms with van der Waals surface area (Å²) in [6.07, 6.45) is 5.92. The first-order valence-corrected chi connectivity index (χ1v) is 12.0. The van der Waals surface area contributed by atoms with Crippen molar-refractivity contribution in [2.45, 2.75) is 26.2 Å². The molecule has 2 aliphatic rings. The number of ketones is 1. The number of hydrogen-bond acceptors (Lipinski definition) is 5. The van der Waals surface area contributed by atoms with Crippen LogP contribution in [0, 0.1) is 0 Å². The quantitative estimate of drug-likeness (QED) is 0.578. The van der Waals surface area contributed by atoms with Crippen LogP contribution in [0.5, 0.6) is 11.5 Å². The molecule has 0 amide bonds. The molecule has 5 heteroatoms. The average Bonchev–Trinajstić information content (AvgIpc) is 3.24. The van der Waals surface area contributed by atoms with Crippen LogP contribution in [0.4, 0.5) is 0 Å². The van der Waals surface area contributed by atoms with E-state index in [1.54, 1.807) is 23.9 Å².